The number of carbonyl (C=O) groups is 1. The average molecular weight is 233 g/mol. The van der Waals surface area contributed by atoms with Crippen LogP contribution in [0.15, 0.2) is 30.3 Å². The fraction of sp³-hybridized carbons (Fsp3) is 0.533. The Morgan fingerprint density at radius 2 is 1.65 bits per heavy atom. The molecule has 0 fully saturated rings. The van der Waals surface area contributed by atoms with Crippen LogP contribution in [0.2, 0.25) is 0 Å². The van der Waals surface area contributed by atoms with Gasteiger partial charge in [0.25, 0.3) is 0 Å². The van der Waals surface area contributed by atoms with Gasteiger partial charge in [0.05, 0.1) is 0 Å². The van der Waals surface area contributed by atoms with Crippen LogP contribution in [0.3, 0.4) is 0 Å². The first-order valence-electron chi connectivity index (χ1n) is 6.34. The van der Waals surface area contributed by atoms with Gasteiger partial charge < -0.3 is 4.90 Å². The number of nitrogens with zero attached hydrogens (tertiary/aromatic N) is 1. The number of carbonyl (C=O) groups excluding carboxylic acids is 1. The predicted octanol–water partition coefficient (Wildman–Crippen LogP) is 3.12. The quantitative estimate of drug-likeness (QED) is 0.765. The van der Waals surface area contributed by atoms with Gasteiger partial charge in [0.2, 0.25) is 5.91 Å². The SMILES string of the molecule is CCN(CC)C(=O)C(C)(C)Cc1ccccc1. The van der Waals surface area contributed by atoms with Crippen molar-refractivity contribution < 1.29 is 4.79 Å². The summed E-state index contributed by atoms with van der Waals surface area (Å²) in [5.74, 6) is 0.242. The minimum atomic E-state index is -0.326. The molecule has 0 aliphatic carbocycles. The van der Waals surface area contributed by atoms with Crippen molar-refractivity contribution in [3.05, 3.63) is 35.9 Å². The Morgan fingerprint density at radius 3 is 2.12 bits per heavy atom. The molecule has 1 aromatic rings. The summed E-state index contributed by atoms with van der Waals surface area (Å²) in [4.78, 5) is 14.3. The Labute approximate surface area is 105 Å². The third-order valence-electron chi connectivity index (χ3n) is 3.12. The van der Waals surface area contributed by atoms with Crippen molar-refractivity contribution in [2.75, 3.05) is 13.1 Å². The molecular formula is C15H23NO. The molecule has 1 amide bonds. The highest BCUT2D eigenvalue weighted by Crippen LogP contribution is 2.24. The van der Waals surface area contributed by atoms with Gasteiger partial charge >= 0.3 is 0 Å². The van der Waals surface area contributed by atoms with Gasteiger partial charge in [-0.1, -0.05) is 44.2 Å². The van der Waals surface area contributed by atoms with Crippen molar-refractivity contribution in [2.24, 2.45) is 5.41 Å². The second-order valence-electron chi connectivity index (χ2n) is 5.02. The van der Waals surface area contributed by atoms with Crippen LogP contribution in [-0.4, -0.2) is 23.9 Å². The normalized spacial score (nSPS) is 11.3. The highest BCUT2D eigenvalue weighted by molar-refractivity contribution is 5.82. The maximum Gasteiger partial charge on any atom is 0.228 e. The van der Waals surface area contributed by atoms with E-state index in [-0.39, 0.29) is 11.3 Å². The van der Waals surface area contributed by atoms with E-state index in [1.54, 1.807) is 0 Å². The summed E-state index contributed by atoms with van der Waals surface area (Å²) in [5, 5.41) is 0. The van der Waals surface area contributed by atoms with Crippen molar-refractivity contribution in [1.29, 1.82) is 0 Å². The van der Waals surface area contributed by atoms with Crippen molar-refractivity contribution in [3.8, 4) is 0 Å². The van der Waals surface area contributed by atoms with E-state index in [0.29, 0.717) is 0 Å². The Hall–Kier alpha value is -1.31. The number of benzene rings is 1. The Kier molecular flexibility index (Phi) is 4.73. The van der Waals surface area contributed by atoms with Crippen molar-refractivity contribution in [3.63, 3.8) is 0 Å². The van der Waals surface area contributed by atoms with Gasteiger partial charge in [-0.3, -0.25) is 4.79 Å². The third kappa shape index (κ3) is 3.58. The molecule has 0 heterocycles. The second kappa shape index (κ2) is 5.85. The van der Waals surface area contributed by atoms with E-state index in [1.807, 2.05) is 50.8 Å². The van der Waals surface area contributed by atoms with Crippen LogP contribution < -0.4 is 0 Å². The van der Waals surface area contributed by atoms with E-state index in [1.165, 1.54) is 5.56 Å². The topological polar surface area (TPSA) is 20.3 Å². The van der Waals surface area contributed by atoms with Gasteiger partial charge in [-0.15, -0.1) is 0 Å². The van der Waals surface area contributed by atoms with E-state index in [9.17, 15) is 4.79 Å². The van der Waals surface area contributed by atoms with Gasteiger partial charge in [-0.25, -0.2) is 0 Å². The molecule has 0 saturated heterocycles. The number of hydrogen-bond donors (Lipinski definition) is 0. The Bertz CT molecular complexity index is 352. The largest absolute Gasteiger partial charge is 0.343 e. The summed E-state index contributed by atoms with van der Waals surface area (Å²) in [6.45, 7) is 9.68. The minimum absolute atomic E-state index is 0.242. The number of rotatable bonds is 5. The van der Waals surface area contributed by atoms with Crippen LogP contribution >= 0.6 is 0 Å². The molecule has 17 heavy (non-hydrogen) atoms. The second-order valence-corrected chi connectivity index (χ2v) is 5.02. The molecule has 0 N–H and O–H groups in total. The molecule has 0 spiro atoms. The summed E-state index contributed by atoms with van der Waals surface area (Å²) in [7, 11) is 0. The Morgan fingerprint density at radius 1 is 1.12 bits per heavy atom. The zero-order chi connectivity index (χ0) is 12.9. The van der Waals surface area contributed by atoms with E-state index >= 15 is 0 Å². The Balaban J connectivity index is 2.77. The summed E-state index contributed by atoms with van der Waals surface area (Å²) >= 11 is 0. The first-order valence-corrected chi connectivity index (χ1v) is 6.34. The lowest BCUT2D eigenvalue weighted by Crippen LogP contribution is -2.41. The smallest absolute Gasteiger partial charge is 0.228 e. The molecule has 0 saturated carbocycles. The van der Waals surface area contributed by atoms with Crippen LogP contribution in [-0.2, 0) is 11.2 Å². The summed E-state index contributed by atoms with van der Waals surface area (Å²) in [5.41, 5.74) is 0.894. The molecule has 0 aliphatic heterocycles. The third-order valence-corrected chi connectivity index (χ3v) is 3.12. The van der Waals surface area contributed by atoms with Gasteiger partial charge in [0.1, 0.15) is 0 Å². The van der Waals surface area contributed by atoms with E-state index < -0.39 is 0 Å². The molecule has 0 aliphatic rings. The van der Waals surface area contributed by atoms with Crippen LogP contribution in [0.25, 0.3) is 0 Å². The molecule has 0 bridgehead atoms. The summed E-state index contributed by atoms with van der Waals surface area (Å²) in [6.07, 6.45) is 0.795. The van der Waals surface area contributed by atoms with Crippen molar-refractivity contribution in [1.82, 2.24) is 4.90 Å². The maximum atomic E-state index is 12.4. The van der Waals surface area contributed by atoms with Crippen LogP contribution in [0.5, 0.6) is 0 Å². The number of amides is 1. The fourth-order valence-electron chi connectivity index (χ4n) is 2.12. The fourth-order valence-corrected chi connectivity index (χ4v) is 2.12. The van der Waals surface area contributed by atoms with Crippen LogP contribution in [0.4, 0.5) is 0 Å². The first-order chi connectivity index (χ1) is 8.01. The molecule has 2 heteroatoms. The standard InChI is InChI=1S/C15H23NO/c1-5-16(6-2)14(17)15(3,4)12-13-10-8-7-9-11-13/h7-11H,5-6,12H2,1-4H3. The molecule has 94 valence electrons. The highest BCUT2D eigenvalue weighted by Gasteiger charge is 2.30. The van der Waals surface area contributed by atoms with Crippen LogP contribution in [0, 0.1) is 5.41 Å². The lowest BCUT2D eigenvalue weighted by molar-refractivity contribution is -0.139. The zero-order valence-corrected chi connectivity index (χ0v) is 11.4. The zero-order valence-electron chi connectivity index (χ0n) is 11.4. The van der Waals surface area contributed by atoms with Crippen LogP contribution in [0.1, 0.15) is 33.3 Å². The predicted molar refractivity (Wildman–Crippen MR) is 71.9 cm³/mol. The summed E-state index contributed by atoms with van der Waals surface area (Å²) in [6, 6.07) is 10.2. The lowest BCUT2D eigenvalue weighted by Gasteiger charge is -2.30. The van der Waals surface area contributed by atoms with Crippen molar-refractivity contribution in [2.45, 2.75) is 34.1 Å². The monoisotopic (exact) mass is 233 g/mol. The minimum Gasteiger partial charge on any atom is -0.343 e. The van der Waals surface area contributed by atoms with Gasteiger partial charge in [-0.05, 0) is 25.8 Å². The molecule has 0 unspecified atom stereocenters. The van der Waals surface area contributed by atoms with Gasteiger partial charge in [0, 0.05) is 18.5 Å². The maximum absolute atomic E-state index is 12.4. The lowest BCUT2D eigenvalue weighted by atomic mass is 9.84. The molecule has 1 rings (SSSR count). The van der Waals surface area contributed by atoms with Crippen molar-refractivity contribution >= 4 is 5.91 Å². The summed E-state index contributed by atoms with van der Waals surface area (Å²) < 4.78 is 0. The van der Waals surface area contributed by atoms with E-state index in [2.05, 4.69) is 12.1 Å². The van der Waals surface area contributed by atoms with E-state index in [4.69, 9.17) is 0 Å². The molecule has 0 radical (unpaired) electrons. The van der Waals surface area contributed by atoms with Gasteiger partial charge in [-0.2, -0.15) is 0 Å². The molecule has 1 aromatic carbocycles. The molecule has 0 atom stereocenters. The average Bonchev–Trinajstić information content (AvgIpc) is 2.31. The molecular weight excluding hydrogens is 210 g/mol. The number of hydrogen-bond acceptors (Lipinski definition) is 1. The first kappa shape index (κ1) is 13.8. The van der Waals surface area contributed by atoms with Gasteiger partial charge in [0.15, 0.2) is 0 Å². The molecule has 0 aromatic heterocycles. The van der Waals surface area contributed by atoms with E-state index in [0.717, 1.165) is 19.5 Å². The molecule has 2 nitrogen and oxygen atoms in total. The highest BCUT2D eigenvalue weighted by atomic mass is 16.2.